The van der Waals surface area contributed by atoms with Gasteiger partial charge >= 0.3 is 6.09 Å². The van der Waals surface area contributed by atoms with Crippen LogP contribution in [0.25, 0.3) is 0 Å². The summed E-state index contributed by atoms with van der Waals surface area (Å²) in [6.45, 7) is 7.79. The van der Waals surface area contributed by atoms with Crippen LogP contribution in [0.4, 0.5) is 4.79 Å². The zero-order valence-electron chi connectivity index (χ0n) is 11.8. The fraction of sp³-hybridized carbons (Fsp3) is 0.500. The van der Waals surface area contributed by atoms with Crippen LogP contribution in [0.15, 0.2) is 22.7 Å². The zero-order valence-corrected chi connectivity index (χ0v) is 13.4. The molecule has 0 spiro atoms. The number of nitrogens with one attached hydrogen (secondary N) is 1. The summed E-state index contributed by atoms with van der Waals surface area (Å²) >= 11 is 3.44. The smallest absolute Gasteiger partial charge is 0.408 e. The Morgan fingerprint density at radius 3 is 2.53 bits per heavy atom. The molecule has 1 unspecified atom stereocenters. The lowest BCUT2D eigenvalue weighted by molar-refractivity contribution is 0.0505. The molecule has 0 heterocycles. The van der Waals surface area contributed by atoms with Gasteiger partial charge in [0.15, 0.2) is 0 Å². The van der Waals surface area contributed by atoms with Crippen molar-refractivity contribution in [2.24, 2.45) is 5.73 Å². The highest BCUT2D eigenvalue weighted by molar-refractivity contribution is 9.10. The average Bonchev–Trinajstić information content (AvgIpc) is 2.21. The van der Waals surface area contributed by atoms with Gasteiger partial charge in [-0.2, -0.15) is 0 Å². The Morgan fingerprint density at radius 1 is 1.42 bits per heavy atom. The van der Waals surface area contributed by atoms with E-state index in [4.69, 9.17) is 10.5 Å². The van der Waals surface area contributed by atoms with Crippen molar-refractivity contribution >= 4 is 22.0 Å². The van der Waals surface area contributed by atoms with Gasteiger partial charge in [-0.1, -0.05) is 22.0 Å². The second-order valence-electron chi connectivity index (χ2n) is 5.50. The first-order valence-electron chi connectivity index (χ1n) is 6.18. The summed E-state index contributed by atoms with van der Waals surface area (Å²) in [5, 5.41) is 2.79. The van der Waals surface area contributed by atoms with E-state index in [1.807, 2.05) is 45.9 Å². The number of amides is 1. The summed E-state index contributed by atoms with van der Waals surface area (Å²) in [7, 11) is 0. The van der Waals surface area contributed by atoms with Crippen LogP contribution in [-0.2, 0) is 4.74 Å². The summed E-state index contributed by atoms with van der Waals surface area (Å²) in [5.41, 5.74) is 7.28. The Hall–Kier alpha value is -1.07. The Labute approximate surface area is 122 Å². The van der Waals surface area contributed by atoms with Crippen molar-refractivity contribution in [3.63, 3.8) is 0 Å². The minimum absolute atomic E-state index is 0.258. The molecule has 0 aromatic heterocycles. The minimum Gasteiger partial charge on any atom is -0.444 e. The third-order valence-electron chi connectivity index (χ3n) is 2.39. The number of carbonyl (C=O) groups excluding carboxylic acids is 1. The Balaban J connectivity index is 2.81. The molecule has 106 valence electrons. The molecule has 0 aliphatic rings. The van der Waals surface area contributed by atoms with Crippen LogP contribution in [0.1, 0.15) is 37.9 Å². The van der Waals surface area contributed by atoms with E-state index in [2.05, 4.69) is 21.2 Å². The maximum Gasteiger partial charge on any atom is 0.408 e. The lowest BCUT2D eigenvalue weighted by Crippen LogP contribution is -2.37. The molecule has 5 heteroatoms. The van der Waals surface area contributed by atoms with Crippen LogP contribution in [0, 0.1) is 6.92 Å². The van der Waals surface area contributed by atoms with Crippen molar-refractivity contribution in [2.75, 3.05) is 6.54 Å². The fourth-order valence-corrected chi connectivity index (χ4v) is 2.32. The number of halogens is 1. The molecule has 0 fully saturated rings. The van der Waals surface area contributed by atoms with E-state index in [1.165, 1.54) is 0 Å². The first kappa shape index (κ1) is 16.0. The molecule has 1 atom stereocenters. The van der Waals surface area contributed by atoms with Gasteiger partial charge in [0.1, 0.15) is 5.60 Å². The highest BCUT2D eigenvalue weighted by Crippen LogP contribution is 2.20. The molecule has 19 heavy (non-hydrogen) atoms. The van der Waals surface area contributed by atoms with Crippen LogP contribution in [0.5, 0.6) is 0 Å². The highest BCUT2D eigenvalue weighted by atomic mass is 79.9. The predicted octanol–water partition coefficient (Wildman–Crippen LogP) is 3.28. The van der Waals surface area contributed by atoms with Gasteiger partial charge in [0.2, 0.25) is 0 Å². The van der Waals surface area contributed by atoms with Gasteiger partial charge in [-0.25, -0.2) is 4.79 Å². The fourth-order valence-electron chi connectivity index (χ4n) is 1.69. The molecule has 0 aliphatic carbocycles. The molecule has 1 aromatic carbocycles. The van der Waals surface area contributed by atoms with Gasteiger partial charge in [0.05, 0.1) is 6.04 Å². The minimum atomic E-state index is -0.517. The molecule has 0 radical (unpaired) electrons. The van der Waals surface area contributed by atoms with Crippen LogP contribution in [0.2, 0.25) is 0 Å². The maximum atomic E-state index is 11.8. The van der Waals surface area contributed by atoms with E-state index in [1.54, 1.807) is 0 Å². The van der Waals surface area contributed by atoms with Gasteiger partial charge in [-0.3, -0.25) is 0 Å². The second kappa shape index (κ2) is 6.39. The molecule has 4 nitrogen and oxygen atoms in total. The monoisotopic (exact) mass is 328 g/mol. The van der Waals surface area contributed by atoms with Crippen LogP contribution in [-0.4, -0.2) is 18.2 Å². The largest absolute Gasteiger partial charge is 0.444 e. The molecule has 0 saturated heterocycles. The van der Waals surface area contributed by atoms with Gasteiger partial charge in [-0.05, 0) is 51.0 Å². The topological polar surface area (TPSA) is 64.3 Å². The normalized spacial score (nSPS) is 12.9. The Morgan fingerprint density at radius 2 is 2.05 bits per heavy atom. The van der Waals surface area contributed by atoms with Gasteiger partial charge in [0.25, 0.3) is 0 Å². The quantitative estimate of drug-likeness (QED) is 0.894. The van der Waals surface area contributed by atoms with E-state index in [0.29, 0.717) is 6.54 Å². The molecule has 1 amide bonds. The van der Waals surface area contributed by atoms with Gasteiger partial charge in [-0.15, -0.1) is 0 Å². The summed E-state index contributed by atoms with van der Waals surface area (Å²) in [4.78, 5) is 11.8. The van der Waals surface area contributed by atoms with Crippen molar-refractivity contribution in [2.45, 2.75) is 39.3 Å². The van der Waals surface area contributed by atoms with E-state index in [-0.39, 0.29) is 6.04 Å². The lowest BCUT2D eigenvalue weighted by Gasteiger charge is -2.23. The molecular formula is C14H21BrN2O2. The van der Waals surface area contributed by atoms with Crippen molar-refractivity contribution in [3.8, 4) is 0 Å². The molecule has 1 rings (SSSR count). The van der Waals surface area contributed by atoms with Crippen LogP contribution >= 0.6 is 15.9 Å². The number of hydrogen-bond acceptors (Lipinski definition) is 3. The molecule has 0 bridgehead atoms. The summed E-state index contributed by atoms with van der Waals surface area (Å²) in [6.07, 6.45) is -0.458. The Bertz CT molecular complexity index is 435. The third kappa shape index (κ3) is 5.61. The Kier molecular flexibility index (Phi) is 5.38. The molecule has 0 aliphatic heterocycles. The third-order valence-corrected chi connectivity index (χ3v) is 2.85. The summed E-state index contributed by atoms with van der Waals surface area (Å²) < 4.78 is 6.20. The maximum absolute atomic E-state index is 11.8. The van der Waals surface area contributed by atoms with Crippen molar-refractivity contribution in [3.05, 3.63) is 33.8 Å². The summed E-state index contributed by atoms with van der Waals surface area (Å²) in [6, 6.07) is 5.69. The van der Waals surface area contributed by atoms with Crippen molar-refractivity contribution in [1.82, 2.24) is 5.32 Å². The van der Waals surface area contributed by atoms with Gasteiger partial charge in [0, 0.05) is 11.0 Å². The number of carbonyl (C=O) groups is 1. The zero-order chi connectivity index (χ0) is 14.6. The van der Waals surface area contributed by atoms with E-state index < -0.39 is 11.7 Å². The predicted molar refractivity (Wildman–Crippen MR) is 80.0 cm³/mol. The lowest BCUT2D eigenvalue weighted by atomic mass is 10.0. The van der Waals surface area contributed by atoms with Crippen LogP contribution in [0.3, 0.4) is 0 Å². The van der Waals surface area contributed by atoms with Crippen molar-refractivity contribution in [1.29, 1.82) is 0 Å². The molecular weight excluding hydrogens is 308 g/mol. The SMILES string of the molecule is Cc1cc(Br)cc(C(CN)NC(=O)OC(C)(C)C)c1. The second-order valence-corrected chi connectivity index (χ2v) is 6.41. The first-order chi connectivity index (χ1) is 8.71. The number of nitrogens with two attached hydrogens (primary N) is 1. The van der Waals surface area contributed by atoms with Crippen molar-refractivity contribution < 1.29 is 9.53 Å². The molecule has 1 aromatic rings. The molecule has 3 N–H and O–H groups in total. The first-order valence-corrected chi connectivity index (χ1v) is 6.97. The number of aryl methyl sites for hydroxylation is 1. The van der Waals surface area contributed by atoms with Crippen LogP contribution < -0.4 is 11.1 Å². The number of alkyl carbamates (subject to hydrolysis) is 1. The van der Waals surface area contributed by atoms with E-state index in [0.717, 1.165) is 15.6 Å². The highest BCUT2D eigenvalue weighted by Gasteiger charge is 2.20. The van der Waals surface area contributed by atoms with E-state index >= 15 is 0 Å². The number of ether oxygens (including phenoxy) is 1. The summed E-state index contributed by atoms with van der Waals surface area (Å²) in [5.74, 6) is 0. The number of hydrogen-bond donors (Lipinski definition) is 2. The number of rotatable bonds is 3. The molecule has 0 saturated carbocycles. The average molecular weight is 329 g/mol. The van der Waals surface area contributed by atoms with Gasteiger partial charge < -0.3 is 15.8 Å². The number of benzene rings is 1. The standard InChI is InChI=1S/C14H21BrN2O2/c1-9-5-10(7-11(15)6-9)12(8-16)17-13(18)19-14(2,3)4/h5-7,12H,8,16H2,1-4H3,(H,17,18). The van der Waals surface area contributed by atoms with E-state index in [9.17, 15) is 4.79 Å².